The van der Waals surface area contributed by atoms with Crippen molar-refractivity contribution in [2.24, 2.45) is 0 Å². The Hall–Kier alpha value is -1.85. The third kappa shape index (κ3) is 3.90. The molecular weight excluding hydrogens is 224 g/mol. The molecular formula is C11H16N2O4. The predicted molar refractivity (Wildman–Crippen MR) is 59.4 cm³/mol. The summed E-state index contributed by atoms with van der Waals surface area (Å²) in [6.45, 7) is 3.51. The van der Waals surface area contributed by atoms with Gasteiger partial charge in [0.1, 0.15) is 12.3 Å². The van der Waals surface area contributed by atoms with Crippen LogP contribution in [0.2, 0.25) is 0 Å². The van der Waals surface area contributed by atoms with E-state index in [1.54, 1.807) is 13.8 Å². The molecule has 17 heavy (non-hydrogen) atoms. The Balaban J connectivity index is 2.40. The van der Waals surface area contributed by atoms with Gasteiger partial charge in [0, 0.05) is 12.0 Å². The topological polar surface area (TPSA) is 92.4 Å². The third-order valence-electron chi connectivity index (χ3n) is 2.51. The van der Waals surface area contributed by atoms with E-state index < -0.39 is 12.0 Å². The summed E-state index contributed by atoms with van der Waals surface area (Å²) < 4.78 is 4.74. The van der Waals surface area contributed by atoms with Crippen molar-refractivity contribution in [3.05, 3.63) is 17.5 Å². The zero-order chi connectivity index (χ0) is 12.8. The van der Waals surface area contributed by atoms with Crippen molar-refractivity contribution in [2.45, 2.75) is 39.2 Å². The molecule has 1 amide bonds. The number of carbonyl (C=O) groups is 2. The highest BCUT2D eigenvalue weighted by molar-refractivity contribution is 5.83. The van der Waals surface area contributed by atoms with Crippen LogP contribution >= 0.6 is 0 Å². The highest BCUT2D eigenvalue weighted by Gasteiger charge is 2.17. The van der Waals surface area contributed by atoms with E-state index in [1.807, 2.05) is 0 Å². The maximum Gasteiger partial charge on any atom is 0.326 e. The average Bonchev–Trinajstić information content (AvgIpc) is 2.68. The van der Waals surface area contributed by atoms with Crippen LogP contribution in [0.15, 0.2) is 10.8 Å². The van der Waals surface area contributed by atoms with Crippen LogP contribution < -0.4 is 5.32 Å². The Labute approximate surface area is 99.0 Å². The van der Waals surface area contributed by atoms with Gasteiger partial charge in [-0.1, -0.05) is 12.1 Å². The first kappa shape index (κ1) is 13.2. The van der Waals surface area contributed by atoms with Crippen LogP contribution in [0.1, 0.15) is 31.0 Å². The van der Waals surface area contributed by atoms with E-state index in [4.69, 9.17) is 9.63 Å². The van der Waals surface area contributed by atoms with Crippen molar-refractivity contribution in [3.63, 3.8) is 0 Å². The van der Waals surface area contributed by atoms with E-state index in [-0.39, 0.29) is 12.3 Å². The zero-order valence-electron chi connectivity index (χ0n) is 9.90. The van der Waals surface area contributed by atoms with Crippen LogP contribution in [0.5, 0.6) is 0 Å². The SMILES string of the molecule is CCC(NC(=O)CCc1conc1C)C(=O)O. The minimum atomic E-state index is -1.01. The number of carbonyl (C=O) groups excluding carboxylic acids is 1. The second-order valence-corrected chi connectivity index (χ2v) is 3.79. The highest BCUT2D eigenvalue weighted by Crippen LogP contribution is 2.07. The standard InChI is InChI=1S/C11H16N2O4/c1-3-9(11(15)16)12-10(14)5-4-8-6-17-13-7(8)2/h6,9H,3-5H2,1-2H3,(H,12,14)(H,15,16). The van der Waals surface area contributed by atoms with Crippen molar-refractivity contribution >= 4 is 11.9 Å². The predicted octanol–water partition coefficient (Wildman–Crippen LogP) is 0.895. The fourth-order valence-electron chi connectivity index (χ4n) is 1.41. The molecule has 1 heterocycles. The van der Waals surface area contributed by atoms with Gasteiger partial charge in [-0.25, -0.2) is 4.79 Å². The van der Waals surface area contributed by atoms with Gasteiger partial charge >= 0.3 is 5.97 Å². The first-order valence-electron chi connectivity index (χ1n) is 5.46. The molecule has 0 aliphatic rings. The van der Waals surface area contributed by atoms with Gasteiger partial charge in [-0.3, -0.25) is 4.79 Å². The monoisotopic (exact) mass is 240 g/mol. The molecule has 0 fully saturated rings. The van der Waals surface area contributed by atoms with E-state index >= 15 is 0 Å². The number of rotatable bonds is 6. The number of carboxylic acid groups (broad SMARTS) is 1. The molecule has 1 unspecified atom stereocenters. The minimum absolute atomic E-state index is 0.228. The summed E-state index contributed by atoms with van der Waals surface area (Å²) in [5.41, 5.74) is 1.62. The first-order chi connectivity index (χ1) is 8.04. The maximum absolute atomic E-state index is 11.5. The number of aliphatic carboxylic acids is 1. The van der Waals surface area contributed by atoms with E-state index in [0.717, 1.165) is 11.3 Å². The molecule has 0 aliphatic heterocycles. The second kappa shape index (κ2) is 6.03. The van der Waals surface area contributed by atoms with Gasteiger partial charge in [0.05, 0.1) is 5.69 Å². The quantitative estimate of drug-likeness (QED) is 0.770. The van der Waals surface area contributed by atoms with Gasteiger partial charge in [0.2, 0.25) is 5.91 Å². The maximum atomic E-state index is 11.5. The lowest BCUT2D eigenvalue weighted by atomic mass is 10.1. The molecule has 1 aromatic rings. The van der Waals surface area contributed by atoms with Gasteiger partial charge in [-0.05, 0) is 19.8 Å². The fourth-order valence-corrected chi connectivity index (χ4v) is 1.41. The number of aryl methyl sites for hydroxylation is 2. The van der Waals surface area contributed by atoms with Crippen molar-refractivity contribution in [3.8, 4) is 0 Å². The second-order valence-electron chi connectivity index (χ2n) is 3.79. The number of hydrogen-bond acceptors (Lipinski definition) is 4. The number of aromatic nitrogens is 1. The average molecular weight is 240 g/mol. The number of nitrogens with one attached hydrogen (secondary N) is 1. The summed E-state index contributed by atoms with van der Waals surface area (Å²) in [5, 5.41) is 14.9. The Kier molecular flexibility index (Phi) is 4.68. The summed E-state index contributed by atoms with van der Waals surface area (Å²) >= 11 is 0. The van der Waals surface area contributed by atoms with Crippen LogP contribution in [0.4, 0.5) is 0 Å². The summed E-state index contributed by atoms with van der Waals surface area (Å²) in [4.78, 5) is 22.2. The van der Waals surface area contributed by atoms with Crippen molar-refractivity contribution in [1.29, 1.82) is 0 Å². The van der Waals surface area contributed by atoms with Crippen molar-refractivity contribution < 1.29 is 19.2 Å². The van der Waals surface area contributed by atoms with Crippen LogP contribution in [0.3, 0.4) is 0 Å². The van der Waals surface area contributed by atoms with Gasteiger partial charge in [-0.2, -0.15) is 0 Å². The normalized spacial score (nSPS) is 12.1. The van der Waals surface area contributed by atoms with Gasteiger partial charge < -0.3 is 14.9 Å². The number of hydrogen-bond donors (Lipinski definition) is 2. The molecule has 6 heteroatoms. The zero-order valence-corrected chi connectivity index (χ0v) is 9.90. The van der Waals surface area contributed by atoms with Gasteiger partial charge in [0.15, 0.2) is 0 Å². The molecule has 94 valence electrons. The lowest BCUT2D eigenvalue weighted by Crippen LogP contribution is -2.40. The Morgan fingerprint density at radius 1 is 1.59 bits per heavy atom. The summed E-state index contributed by atoms with van der Waals surface area (Å²) in [6.07, 6.45) is 2.59. The minimum Gasteiger partial charge on any atom is -0.480 e. The Bertz CT molecular complexity index is 400. The summed E-state index contributed by atoms with van der Waals surface area (Å²) in [7, 11) is 0. The molecule has 0 aliphatic carbocycles. The van der Waals surface area contributed by atoms with E-state index in [1.165, 1.54) is 6.26 Å². The van der Waals surface area contributed by atoms with Crippen LogP contribution in [-0.2, 0) is 16.0 Å². The Morgan fingerprint density at radius 2 is 2.29 bits per heavy atom. The van der Waals surface area contributed by atoms with Crippen molar-refractivity contribution in [2.75, 3.05) is 0 Å². The molecule has 0 bridgehead atoms. The lowest BCUT2D eigenvalue weighted by Gasteiger charge is -2.11. The van der Waals surface area contributed by atoms with Gasteiger partial charge in [0.25, 0.3) is 0 Å². The van der Waals surface area contributed by atoms with E-state index in [9.17, 15) is 9.59 Å². The highest BCUT2D eigenvalue weighted by atomic mass is 16.5. The van der Waals surface area contributed by atoms with E-state index in [2.05, 4.69) is 10.5 Å². The molecule has 1 aromatic heterocycles. The molecule has 1 rings (SSSR count). The first-order valence-corrected chi connectivity index (χ1v) is 5.46. The fraction of sp³-hybridized carbons (Fsp3) is 0.545. The summed E-state index contributed by atoms with van der Waals surface area (Å²) in [6, 6.07) is -0.814. The summed E-state index contributed by atoms with van der Waals surface area (Å²) in [5.74, 6) is -1.29. The number of amides is 1. The van der Waals surface area contributed by atoms with Crippen LogP contribution in [-0.4, -0.2) is 28.2 Å². The molecule has 0 spiro atoms. The van der Waals surface area contributed by atoms with E-state index in [0.29, 0.717) is 12.8 Å². The lowest BCUT2D eigenvalue weighted by molar-refractivity contribution is -0.141. The molecule has 6 nitrogen and oxygen atoms in total. The molecule has 0 aromatic carbocycles. The molecule has 0 saturated heterocycles. The van der Waals surface area contributed by atoms with Crippen LogP contribution in [0.25, 0.3) is 0 Å². The molecule has 0 radical (unpaired) electrons. The smallest absolute Gasteiger partial charge is 0.326 e. The molecule has 0 saturated carbocycles. The Morgan fingerprint density at radius 3 is 2.76 bits per heavy atom. The molecule has 2 N–H and O–H groups in total. The number of nitrogens with zero attached hydrogens (tertiary/aromatic N) is 1. The third-order valence-corrected chi connectivity index (χ3v) is 2.51. The largest absolute Gasteiger partial charge is 0.480 e. The van der Waals surface area contributed by atoms with Crippen molar-refractivity contribution in [1.82, 2.24) is 10.5 Å². The molecule has 1 atom stereocenters. The number of carboxylic acids is 1. The van der Waals surface area contributed by atoms with Crippen LogP contribution in [0, 0.1) is 6.92 Å². The van der Waals surface area contributed by atoms with Gasteiger partial charge in [-0.15, -0.1) is 0 Å².